The monoisotopic (exact) mass is 479 g/mol. The van der Waals surface area contributed by atoms with E-state index in [2.05, 4.69) is 5.32 Å². The summed E-state index contributed by atoms with van der Waals surface area (Å²) in [6, 6.07) is 16.6. The van der Waals surface area contributed by atoms with Crippen molar-refractivity contribution in [2.75, 3.05) is 5.32 Å². The molecule has 0 heterocycles. The van der Waals surface area contributed by atoms with Crippen molar-refractivity contribution in [3.05, 3.63) is 99.5 Å². The van der Waals surface area contributed by atoms with Crippen molar-refractivity contribution in [3.8, 4) is 0 Å². The molecule has 3 aromatic carbocycles. The molecule has 3 rings (SSSR count). The quantitative estimate of drug-likeness (QED) is 0.339. The van der Waals surface area contributed by atoms with Crippen LogP contribution in [-0.2, 0) is 32.1 Å². The van der Waals surface area contributed by atoms with Gasteiger partial charge < -0.3 is 14.8 Å². The third-order valence-electron chi connectivity index (χ3n) is 4.31. The Morgan fingerprint density at radius 3 is 2.09 bits per heavy atom. The number of hydrogen-bond donors (Lipinski definition) is 1. The van der Waals surface area contributed by atoms with E-state index in [0.717, 1.165) is 12.1 Å². The van der Waals surface area contributed by atoms with Crippen molar-refractivity contribution in [2.24, 2.45) is 0 Å². The summed E-state index contributed by atoms with van der Waals surface area (Å²) in [4.78, 5) is 25.1. The van der Waals surface area contributed by atoms with Gasteiger partial charge in [-0.15, -0.1) is 0 Å². The zero-order valence-corrected chi connectivity index (χ0v) is 18.0. The number of nitrogens with one attached hydrogen (secondary N) is 1. The molecule has 0 amide bonds. The van der Waals surface area contributed by atoms with Gasteiger partial charge in [0.25, 0.3) is 6.23 Å². The van der Waals surface area contributed by atoms with E-state index in [1.54, 1.807) is 36.4 Å². The van der Waals surface area contributed by atoms with Gasteiger partial charge in [-0.2, -0.15) is 0 Å². The van der Waals surface area contributed by atoms with Crippen LogP contribution >= 0.6 is 23.2 Å². The van der Waals surface area contributed by atoms with E-state index < -0.39 is 42.0 Å². The lowest BCUT2D eigenvalue weighted by Crippen LogP contribution is -2.36. The van der Waals surface area contributed by atoms with Gasteiger partial charge in [-0.05, 0) is 29.8 Å². The fraction of sp³-hybridized carbons (Fsp3) is 0.130. The van der Waals surface area contributed by atoms with E-state index in [1.807, 2.05) is 0 Å². The van der Waals surface area contributed by atoms with Crippen molar-refractivity contribution < 1.29 is 27.8 Å². The lowest BCUT2D eigenvalue weighted by atomic mass is 10.2. The number of benzene rings is 3. The molecule has 0 aliphatic heterocycles. The van der Waals surface area contributed by atoms with Crippen LogP contribution in [0.2, 0.25) is 10.0 Å². The molecule has 1 unspecified atom stereocenters. The van der Waals surface area contributed by atoms with E-state index in [9.17, 15) is 18.4 Å². The van der Waals surface area contributed by atoms with Gasteiger partial charge in [0.2, 0.25) is 0 Å². The van der Waals surface area contributed by atoms with Crippen molar-refractivity contribution >= 4 is 40.8 Å². The predicted octanol–water partition coefficient (Wildman–Crippen LogP) is 5.54. The van der Waals surface area contributed by atoms with Crippen LogP contribution in [0.5, 0.6) is 0 Å². The molecule has 0 aliphatic carbocycles. The summed E-state index contributed by atoms with van der Waals surface area (Å²) in [5.74, 6) is -3.59. The van der Waals surface area contributed by atoms with Crippen LogP contribution in [0.15, 0.2) is 66.7 Å². The van der Waals surface area contributed by atoms with Gasteiger partial charge in [-0.3, -0.25) is 4.79 Å². The summed E-state index contributed by atoms with van der Waals surface area (Å²) < 4.78 is 37.9. The maximum absolute atomic E-state index is 13.8. The lowest BCUT2D eigenvalue weighted by Gasteiger charge is -2.20. The summed E-state index contributed by atoms with van der Waals surface area (Å²) in [6.45, 7) is -0.706. The third kappa shape index (κ3) is 6.18. The molecular formula is C23H17Cl2F2NO4. The standard InChI is InChI=1S/C23H17Cl2F2NO4/c24-16-8-4-9-17(25)21(16)28-22(32-20(29)12-14-6-2-1-3-7-14)23(30)31-13-15-18(26)10-5-11-19(15)27/h1-11,22,28H,12-13H2. The number of para-hydroxylation sites is 1. The minimum atomic E-state index is -1.67. The largest absolute Gasteiger partial charge is 0.456 e. The molecule has 0 radical (unpaired) electrons. The lowest BCUT2D eigenvalue weighted by molar-refractivity contribution is -0.166. The van der Waals surface area contributed by atoms with Crippen molar-refractivity contribution in [1.82, 2.24) is 0 Å². The molecular weight excluding hydrogens is 463 g/mol. The molecule has 0 saturated heterocycles. The average molecular weight is 480 g/mol. The van der Waals surface area contributed by atoms with Gasteiger partial charge >= 0.3 is 11.9 Å². The van der Waals surface area contributed by atoms with Gasteiger partial charge in [0.15, 0.2) is 0 Å². The highest BCUT2D eigenvalue weighted by Gasteiger charge is 2.27. The molecule has 0 bridgehead atoms. The number of rotatable bonds is 8. The van der Waals surface area contributed by atoms with Crippen LogP contribution in [0, 0.1) is 11.6 Å². The fourth-order valence-corrected chi connectivity index (χ4v) is 3.23. The molecule has 166 valence electrons. The second-order valence-electron chi connectivity index (χ2n) is 6.58. The first-order valence-corrected chi connectivity index (χ1v) is 10.1. The zero-order valence-electron chi connectivity index (χ0n) is 16.5. The highest BCUT2D eigenvalue weighted by atomic mass is 35.5. The maximum atomic E-state index is 13.8. The Kier molecular flexibility index (Phi) is 8.03. The second kappa shape index (κ2) is 10.9. The van der Waals surface area contributed by atoms with Gasteiger partial charge in [0.05, 0.1) is 27.7 Å². The van der Waals surface area contributed by atoms with Crippen LogP contribution in [0.4, 0.5) is 14.5 Å². The van der Waals surface area contributed by atoms with E-state index in [0.29, 0.717) is 5.56 Å². The molecule has 3 aromatic rings. The van der Waals surface area contributed by atoms with Crippen molar-refractivity contribution in [1.29, 1.82) is 0 Å². The minimum Gasteiger partial charge on any atom is -0.456 e. The Balaban J connectivity index is 1.77. The van der Waals surface area contributed by atoms with Gasteiger partial charge in [-0.25, -0.2) is 13.6 Å². The molecule has 0 aromatic heterocycles. The molecule has 5 nitrogen and oxygen atoms in total. The highest BCUT2D eigenvalue weighted by molar-refractivity contribution is 6.39. The van der Waals surface area contributed by atoms with E-state index in [-0.39, 0.29) is 22.2 Å². The number of carbonyl (C=O) groups excluding carboxylic acids is 2. The van der Waals surface area contributed by atoms with Gasteiger partial charge in [-0.1, -0.05) is 65.7 Å². The summed E-state index contributed by atoms with van der Waals surface area (Å²) >= 11 is 12.2. The average Bonchev–Trinajstić information content (AvgIpc) is 2.75. The summed E-state index contributed by atoms with van der Waals surface area (Å²) in [5, 5.41) is 2.95. The van der Waals surface area contributed by atoms with E-state index in [4.69, 9.17) is 32.7 Å². The molecule has 32 heavy (non-hydrogen) atoms. The molecule has 1 N–H and O–H groups in total. The Hall–Kier alpha value is -3.16. The maximum Gasteiger partial charge on any atom is 0.369 e. The number of hydrogen-bond acceptors (Lipinski definition) is 5. The fourth-order valence-electron chi connectivity index (χ4n) is 2.73. The van der Waals surface area contributed by atoms with Gasteiger partial charge in [0.1, 0.15) is 18.2 Å². The zero-order chi connectivity index (χ0) is 23.1. The Morgan fingerprint density at radius 2 is 1.47 bits per heavy atom. The highest BCUT2D eigenvalue weighted by Crippen LogP contribution is 2.30. The smallest absolute Gasteiger partial charge is 0.369 e. The topological polar surface area (TPSA) is 64.6 Å². The van der Waals surface area contributed by atoms with Gasteiger partial charge in [0, 0.05) is 0 Å². The molecule has 0 fully saturated rings. The molecule has 9 heteroatoms. The molecule has 0 aliphatic rings. The minimum absolute atomic E-state index is 0.121. The van der Waals surface area contributed by atoms with E-state index >= 15 is 0 Å². The third-order valence-corrected chi connectivity index (χ3v) is 4.94. The summed E-state index contributed by atoms with van der Waals surface area (Å²) in [7, 11) is 0. The van der Waals surface area contributed by atoms with Crippen LogP contribution < -0.4 is 5.32 Å². The molecule has 0 saturated carbocycles. The molecule has 0 spiro atoms. The predicted molar refractivity (Wildman–Crippen MR) is 116 cm³/mol. The van der Waals surface area contributed by atoms with Crippen molar-refractivity contribution in [2.45, 2.75) is 19.3 Å². The van der Waals surface area contributed by atoms with E-state index in [1.165, 1.54) is 18.2 Å². The normalized spacial score (nSPS) is 11.5. The number of ether oxygens (including phenoxy) is 2. The van der Waals surface area contributed by atoms with Crippen molar-refractivity contribution in [3.63, 3.8) is 0 Å². The first-order chi connectivity index (χ1) is 15.3. The first kappa shape index (κ1) is 23.5. The Bertz CT molecular complexity index is 1070. The first-order valence-electron chi connectivity index (χ1n) is 9.38. The number of anilines is 1. The van der Waals surface area contributed by atoms with Crippen LogP contribution in [0.3, 0.4) is 0 Å². The number of esters is 2. The second-order valence-corrected chi connectivity index (χ2v) is 7.40. The van der Waals surface area contributed by atoms with Crippen LogP contribution in [0.1, 0.15) is 11.1 Å². The van der Waals surface area contributed by atoms with Crippen LogP contribution in [0.25, 0.3) is 0 Å². The Labute approximate surface area is 192 Å². The summed E-state index contributed by atoms with van der Waals surface area (Å²) in [6.07, 6.45) is -1.79. The number of carbonyl (C=O) groups is 2. The SMILES string of the molecule is O=C(Cc1ccccc1)OC(Nc1c(Cl)cccc1Cl)C(=O)OCc1c(F)cccc1F. The molecule has 1 atom stereocenters. The summed E-state index contributed by atoms with van der Waals surface area (Å²) in [5.41, 5.74) is 0.349. The Morgan fingerprint density at radius 1 is 0.875 bits per heavy atom. The van der Waals surface area contributed by atoms with Crippen LogP contribution in [-0.4, -0.2) is 18.2 Å². The number of halogens is 4.